The van der Waals surface area contributed by atoms with Gasteiger partial charge < -0.3 is 15.4 Å². The molecule has 2 rings (SSSR count). The minimum Gasteiger partial charge on any atom is -0.484 e. The summed E-state index contributed by atoms with van der Waals surface area (Å²) in [7, 11) is 0. The molecular weight excluding hydrogens is 420 g/mol. The first-order chi connectivity index (χ1) is 12.4. The Morgan fingerprint density at radius 3 is 2.38 bits per heavy atom. The van der Waals surface area contributed by atoms with Crippen molar-refractivity contribution in [3.8, 4) is 5.75 Å². The van der Waals surface area contributed by atoms with Gasteiger partial charge in [0.15, 0.2) is 6.61 Å². The van der Waals surface area contributed by atoms with Crippen LogP contribution in [-0.4, -0.2) is 31.5 Å². The lowest BCUT2D eigenvalue weighted by atomic mass is 10.1. The molecule has 0 saturated heterocycles. The van der Waals surface area contributed by atoms with Crippen molar-refractivity contribution in [3.63, 3.8) is 0 Å². The van der Waals surface area contributed by atoms with Crippen molar-refractivity contribution in [2.24, 2.45) is 0 Å². The van der Waals surface area contributed by atoms with Crippen LogP contribution in [0.2, 0.25) is 5.02 Å². The minimum absolute atomic E-state index is 0.0971. The molecule has 0 aliphatic rings. The molecule has 0 radical (unpaired) electrons. The van der Waals surface area contributed by atoms with Crippen LogP contribution < -0.4 is 15.4 Å². The quantitative estimate of drug-likeness (QED) is 0.647. The van der Waals surface area contributed by atoms with E-state index in [4.69, 9.17) is 16.3 Å². The highest BCUT2D eigenvalue weighted by Crippen LogP contribution is 2.25. The van der Waals surface area contributed by atoms with E-state index in [9.17, 15) is 9.59 Å². The highest BCUT2D eigenvalue weighted by molar-refractivity contribution is 9.10. The second-order valence-corrected chi connectivity index (χ2v) is 7.07. The number of nitrogens with one attached hydrogen (secondary N) is 2. The third-order valence-electron chi connectivity index (χ3n) is 3.60. The van der Waals surface area contributed by atoms with Crippen LogP contribution in [0.5, 0.6) is 5.75 Å². The van der Waals surface area contributed by atoms with Crippen LogP contribution in [0, 0.1) is 13.8 Å². The SMILES string of the molecule is Cc1cc(OCC(=O)NCCNC(=O)c2cccc(Br)c2)cc(C)c1Cl. The first-order valence-electron chi connectivity index (χ1n) is 8.07. The van der Waals surface area contributed by atoms with Crippen molar-refractivity contribution < 1.29 is 14.3 Å². The molecule has 2 amide bonds. The predicted molar refractivity (Wildman–Crippen MR) is 106 cm³/mol. The third kappa shape index (κ3) is 6.04. The van der Waals surface area contributed by atoms with Gasteiger partial charge in [0.2, 0.25) is 0 Å². The van der Waals surface area contributed by atoms with Gasteiger partial charge in [-0.15, -0.1) is 0 Å². The number of rotatable bonds is 7. The van der Waals surface area contributed by atoms with Crippen molar-refractivity contribution >= 4 is 39.3 Å². The van der Waals surface area contributed by atoms with E-state index in [2.05, 4.69) is 26.6 Å². The topological polar surface area (TPSA) is 67.4 Å². The molecule has 0 unspecified atom stereocenters. The van der Waals surface area contributed by atoms with Crippen molar-refractivity contribution in [1.82, 2.24) is 10.6 Å². The van der Waals surface area contributed by atoms with E-state index >= 15 is 0 Å². The lowest BCUT2D eigenvalue weighted by Gasteiger charge is -2.11. The Morgan fingerprint density at radius 2 is 1.73 bits per heavy atom. The Hall–Kier alpha value is -2.05. The smallest absolute Gasteiger partial charge is 0.258 e. The molecule has 0 heterocycles. The first-order valence-corrected chi connectivity index (χ1v) is 9.24. The van der Waals surface area contributed by atoms with Crippen LogP contribution in [0.1, 0.15) is 21.5 Å². The van der Waals surface area contributed by atoms with Gasteiger partial charge in [-0.25, -0.2) is 0 Å². The maximum absolute atomic E-state index is 12.0. The van der Waals surface area contributed by atoms with E-state index in [1.807, 2.05) is 19.9 Å². The van der Waals surface area contributed by atoms with E-state index < -0.39 is 0 Å². The second kappa shape index (κ2) is 9.59. The minimum atomic E-state index is -0.257. The Balaban J connectivity index is 1.70. The van der Waals surface area contributed by atoms with E-state index in [0.29, 0.717) is 29.4 Å². The molecule has 0 aliphatic heterocycles. The summed E-state index contributed by atoms with van der Waals surface area (Å²) in [5.41, 5.74) is 2.36. The monoisotopic (exact) mass is 438 g/mol. The van der Waals surface area contributed by atoms with E-state index in [-0.39, 0.29) is 18.4 Å². The van der Waals surface area contributed by atoms with E-state index in [1.165, 1.54) is 0 Å². The number of carbonyl (C=O) groups is 2. The van der Waals surface area contributed by atoms with Gasteiger partial charge in [0, 0.05) is 28.1 Å². The average molecular weight is 440 g/mol. The third-order valence-corrected chi connectivity index (χ3v) is 4.69. The number of hydrogen-bond donors (Lipinski definition) is 2. The molecule has 0 aromatic heterocycles. The highest BCUT2D eigenvalue weighted by Gasteiger charge is 2.08. The zero-order valence-electron chi connectivity index (χ0n) is 14.6. The zero-order valence-corrected chi connectivity index (χ0v) is 16.9. The average Bonchev–Trinajstić information content (AvgIpc) is 2.61. The maximum Gasteiger partial charge on any atom is 0.258 e. The fourth-order valence-electron chi connectivity index (χ4n) is 2.30. The zero-order chi connectivity index (χ0) is 19.1. The summed E-state index contributed by atoms with van der Waals surface area (Å²) in [6.45, 7) is 4.32. The van der Waals surface area contributed by atoms with E-state index in [1.54, 1.807) is 30.3 Å². The van der Waals surface area contributed by atoms with Gasteiger partial charge in [0.25, 0.3) is 11.8 Å². The van der Waals surface area contributed by atoms with Crippen molar-refractivity contribution in [3.05, 3.63) is 62.6 Å². The van der Waals surface area contributed by atoms with Crippen molar-refractivity contribution in [1.29, 1.82) is 0 Å². The Labute approximate surface area is 166 Å². The van der Waals surface area contributed by atoms with Crippen LogP contribution in [0.3, 0.4) is 0 Å². The lowest BCUT2D eigenvalue weighted by Crippen LogP contribution is -2.36. The molecule has 2 N–H and O–H groups in total. The fraction of sp³-hybridized carbons (Fsp3) is 0.263. The van der Waals surface area contributed by atoms with Gasteiger partial charge in [-0.2, -0.15) is 0 Å². The molecule has 5 nitrogen and oxygen atoms in total. The summed E-state index contributed by atoms with van der Waals surface area (Å²) in [6, 6.07) is 10.7. The summed E-state index contributed by atoms with van der Waals surface area (Å²) in [5.74, 6) is 0.151. The summed E-state index contributed by atoms with van der Waals surface area (Å²) >= 11 is 9.43. The molecule has 2 aromatic rings. The lowest BCUT2D eigenvalue weighted by molar-refractivity contribution is -0.123. The van der Waals surface area contributed by atoms with Gasteiger partial charge >= 0.3 is 0 Å². The summed E-state index contributed by atoms with van der Waals surface area (Å²) in [4.78, 5) is 23.8. The number of ether oxygens (including phenoxy) is 1. The number of carbonyl (C=O) groups excluding carboxylic acids is 2. The Kier molecular flexibility index (Phi) is 7.48. The van der Waals surface area contributed by atoms with Gasteiger partial charge in [0.05, 0.1) is 0 Å². The molecule has 0 bridgehead atoms. The van der Waals surface area contributed by atoms with Crippen LogP contribution >= 0.6 is 27.5 Å². The maximum atomic E-state index is 12.0. The Bertz CT molecular complexity index is 788. The number of hydrogen-bond acceptors (Lipinski definition) is 3. The predicted octanol–water partition coefficient (Wildman–Crippen LogP) is 3.64. The molecule has 2 aromatic carbocycles. The molecule has 0 fully saturated rings. The summed E-state index contributed by atoms with van der Waals surface area (Å²) in [5, 5.41) is 6.14. The van der Waals surface area contributed by atoms with Crippen molar-refractivity contribution in [2.45, 2.75) is 13.8 Å². The number of benzene rings is 2. The molecule has 26 heavy (non-hydrogen) atoms. The van der Waals surface area contributed by atoms with Gasteiger partial charge in [-0.1, -0.05) is 33.6 Å². The standard InChI is InChI=1S/C19H20BrClN2O3/c1-12-8-16(9-13(2)18(12)21)26-11-17(24)22-6-7-23-19(25)14-4-3-5-15(20)10-14/h3-5,8-10H,6-7,11H2,1-2H3,(H,22,24)(H,23,25). The van der Waals surface area contributed by atoms with Gasteiger partial charge in [-0.3, -0.25) is 9.59 Å². The first kappa shape index (κ1) is 20.3. The number of amides is 2. The molecule has 0 atom stereocenters. The molecule has 0 saturated carbocycles. The van der Waals surface area contributed by atoms with E-state index in [0.717, 1.165) is 15.6 Å². The molecule has 138 valence electrons. The number of aryl methyl sites for hydroxylation is 2. The molecule has 0 spiro atoms. The van der Waals surface area contributed by atoms with Crippen molar-refractivity contribution in [2.75, 3.05) is 19.7 Å². The Morgan fingerprint density at radius 1 is 1.08 bits per heavy atom. The van der Waals surface area contributed by atoms with Crippen LogP contribution in [0.15, 0.2) is 40.9 Å². The summed E-state index contributed by atoms with van der Waals surface area (Å²) < 4.78 is 6.32. The number of halogens is 2. The highest BCUT2D eigenvalue weighted by atomic mass is 79.9. The largest absolute Gasteiger partial charge is 0.484 e. The summed E-state index contributed by atoms with van der Waals surface area (Å²) in [6.07, 6.45) is 0. The molecular formula is C19H20BrClN2O3. The van der Waals surface area contributed by atoms with Crippen LogP contribution in [0.25, 0.3) is 0 Å². The van der Waals surface area contributed by atoms with Gasteiger partial charge in [0.1, 0.15) is 5.75 Å². The fourth-order valence-corrected chi connectivity index (χ4v) is 2.81. The van der Waals surface area contributed by atoms with Gasteiger partial charge in [-0.05, 0) is 55.3 Å². The van der Waals surface area contributed by atoms with Crippen LogP contribution in [0.4, 0.5) is 0 Å². The molecule has 0 aliphatic carbocycles. The second-order valence-electron chi connectivity index (χ2n) is 5.78. The molecule has 7 heteroatoms. The van der Waals surface area contributed by atoms with Crippen LogP contribution in [-0.2, 0) is 4.79 Å². The normalized spacial score (nSPS) is 10.3.